The number of benzene rings is 1. The van der Waals surface area contributed by atoms with E-state index in [9.17, 15) is 4.39 Å². The summed E-state index contributed by atoms with van der Waals surface area (Å²) in [5, 5.41) is 3.72. The molecule has 0 bridgehead atoms. The topological polar surface area (TPSA) is 21.3 Å². The van der Waals surface area contributed by atoms with Crippen molar-refractivity contribution in [1.82, 2.24) is 5.32 Å². The van der Waals surface area contributed by atoms with Gasteiger partial charge in [-0.25, -0.2) is 4.39 Å². The predicted octanol–water partition coefficient (Wildman–Crippen LogP) is 4.56. The second kappa shape index (κ2) is 6.13. The van der Waals surface area contributed by atoms with Gasteiger partial charge in [0.1, 0.15) is 6.10 Å². The summed E-state index contributed by atoms with van der Waals surface area (Å²) in [4.78, 5) is 0. The van der Waals surface area contributed by atoms with E-state index in [1.54, 1.807) is 18.2 Å². The lowest BCUT2D eigenvalue weighted by Crippen LogP contribution is -2.65. The van der Waals surface area contributed by atoms with Crippen LogP contribution in [0.4, 0.5) is 4.39 Å². The van der Waals surface area contributed by atoms with Crippen molar-refractivity contribution >= 4 is 11.6 Å². The molecule has 21 heavy (non-hydrogen) atoms. The average Bonchev–Trinajstić information content (AvgIpc) is 2.51. The van der Waals surface area contributed by atoms with Crippen molar-refractivity contribution in [2.24, 2.45) is 5.41 Å². The fraction of sp³-hybridized carbons (Fsp3) is 0.647. The number of hydrogen-bond donors (Lipinski definition) is 1. The molecule has 2 atom stereocenters. The Morgan fingerprint density at radius 3 is 2.81 bits per heavy atom. The van der Waals surface area contributed by atoms with Crippen LogP contribution in [0, 0.1) is 11.2 Å². The second-order valence-corrected chi connectivity index (χ2v) is 6.71. The summed E-state index contributed by atoms with van der Waals surface area (Å²) in [6.07, 6.45) is 7.22. The Kier molecular flexibility index (Phi) is 4.41. The Morgan fingerprint density at radius 1 is 1.33 bits per heavy atom. The van der Waals surface area contributed by atoms with Gasteiger partial charge in [-0.1, -0.05) is 43.9 Å². The Hall–Kier alpha value is -0.800. The van der Waals surface area contributed by atoms with Crippen molar-refractivity contribution in [3.63, 3.8) is 0 Å². The first-order chi connectivity index (χ1) is 10.2. The molecule has 0 saturated heterocycles. The van der Waals surface area contributed by atoms with E-state index in [1.807, 2.05) is 0 Å². The predicted molar refractivity (Wildman–Crippen MR) is 83.4 cm³/mol. The molecule has 116 valence electrons. The molecular weight excluding hydrogens is 289 g/mol. The quantitative estimate of drug-likeness (QED) is 0.880. The highest BCUT2D eigenvalue weighted by molar-refractivity contribution is 6.30. The van der Waals surface area contributed by atoms with Crippen molar-refractivity contribution in [2.75, 3.05) is 6.54 Å². The van der Waals surface area contributed by atoms with E-state index in [1.165, 1.54) is 32.1 Å². The molecule has 2 aliphatic rings. The van der Waals surface area contributed by atoms with Crippen molar-refractivity contribution in [1.29, 1.82) is 0 Å². The van der Waals surface area contributed by atoms with Crippen molar-refractivity contribution in [3.8, 4) is 5.75 Å². The zero-order chi connectivity index (χ0) is 14.9. The molecule has 2 nitrogen and oxygen atoms in total. The van der Waals surface area contributed by atoms with Crippen LogP contribution < -0.4 is 10.1 Å². The van der Waals surface area contributed by atoms with E-state index in [0.717, 1.165) is 13.0 Å². The van der Waals surface area contributed by atoms with Gasteiger partial charge >= 0.3 is 0 Å². The average molecular weight is 312 g/mol. The molecule has 2 aliphatic carbocycles. The number of nitrogens with one attached hydrogen (secondary N) is 1. The maximum absolute atomic E-state index is 14.1. The van der Waals surface area contributed by atoms with Gasteiger partial charge in [-0.3, -0.25) is 0 Å². The van der Waals surface area contributed by atoms with Gasteiger partial charge < -0.3 is 10.1 Å². The number of halogens is 2. The molecule has 1 spiro atoms. The number of hydrogen-bond acceptors (Lipinski definition) is 2. The van der Waals surface area contributed by atoms with Gasteiger partial charge in [0, 0.05) is 17.9 Å². The van der Waals surface area contributed by atoms with E-state index in [2.05, 4.69) is 12.2 Å². The summed E-state index contributed by atoms with van der Waals surface area (Å²) in [6.45, 7) is 3.12. The fourth-order valence-corrected chi connectivity index (χ4v) is 4.22. The minimum atomic E-state index is -0.433. The first kappa shape index (κ1) is 15.1. The Bertz CT molecular complexity index is 502. The maximum Gasteiger partial charge on any atom is 0.183 e. The van der Waals surface area contributed by atoms with E-state index in [-0.39, 0.29) is 16.5 Å². The van der Waals surface area contributed by atoms with Crippen LogP contribution in [0.1, 0.15) is 45.4 Å². The summed E-state index contributed by atoms with van der Waals surface area (Å²) in [7, 11) is 0. The molecule has 0 aliphatic heterocycles. The highest BCUT2D eigenvalue weighted by atomic mass is 35.5. The second-order valence-electron chi connectivity index (χ2n) is 6.30. The van der Waals surface area contributed by atoms with Gasteiger partial charge in [0.05, 0.1) is 5.02 Å². The van der Waals surface area contributed by atoms with E-state index in [0.29, 0.717) is 11.8 Å². The molecule has 0 heterocycles. The third-order valence-electron chi connectivity index (χ3n) is 5.21. The van der Waals surface area contributed by atoms with E-state index in [4.69, 9.17) is 16.3 Å². The normalized spacial score (nSPS) is 27.4. The van der Waals surface area contributed by atoms with Crippen LogP contribution in [0.3, 0.4) is 0 Å². The van der Waals surface area contributed by atoms with Gasteiger partial charge in [-0.15, -0.1) is 0 Å². The van der Waals surface area contributed by atoms with Gasteiger partial charge in [0.2, 0.25) is 0 Å². The Labute approximate surface area is 131 Å². The number of ether oxygens (including phenoxy) is 1. The Balaban J connectivity index is 1.77. The molecule has 1 aromatic rings. The highest BCUT2D eigenvalue weighted by Crippen LogP contribution is 2.53. The molecule has 1 aromatic carbocycles. The van der Waals surface area contributed by atoms with Crippen LogP contribution in [0.2, 0.25) is 5.02 Å². The van der Waals surface area contributed by atoms with Gasteiger partial charge in [-0.05, 0) is 31.5 Å². The standard InChI is InChI=1S/C17H23ClFNO/c1-2-20-14-11-15(17(14)9-4-3-5-10-17)21-13-8-6-7-12(18)16(13)19/h6-8,14-15,20H,2-5,9-11H2,1H3. The molecule has 3 rings (SSSR count). The van der Waals surface area contributed by atoms with Crippen molar-refractivity contribution < 1.29 is 9.13 Å². The van der Waals surface area contributed by atoms with E-state index >= 15 is 0 Å². The lowest BCUT2D eigenvalue weighted by molar-refractivity contribution is -0.103. The third-order valence-corrected chi connectivity index (χ3v) is 5.50. The molecule has 4 heteroatoms. The lowest BCUT2D eigenvalue weighted by atomic mass is 9.55. The highest BCUT2D eigenvalue weighted by Gasteiger charge is 2.56. The number of rotatable bonds is 4. The van der Waals surface area contributed by atoms with Crippen molar-refractivity contribution in [2.45, 2.75) is 57.6 Å². The summed E-state index contributed by atoms with van der Waals surface area (Å²) in [5.74, 6) is -0.135. The minimum Gasteiger partial charge on any atom is -0.487 e. The summed E-state index contributed by atoms with van der Waals surface area (Å²) in [5.41, 5.74) is 0.184. The summed E-state index contributed by atoms with van der Waals surface area (Å²) in [6, 6.07) is 5.49. The molecule has 2 fully saturated rings. The molecule has 0 amide bonds. The third kappa shape index (κ3) is 2.66. The van der Waals surface area contributed by atoms with Crippen LogP contribution in [0.5, 0.6) is 5.75 Å². The monoisotopic (exact) mass is 311 g/mol. The van der Waals surface area contributed by atoms with Crippen LogP contribution >= 0.6 is 11.6 Å². The zero-order valence-electron chi connectivity index (χ0n) is 12.5. The first-order valence-corrected chi connectivity index (χ1v) is 8.39. The van der Waals surface area contributed by atoms with Gasteiger partial charge in [0.15, 0.2) is 11.6 Å². The molecule has 2 unspecified atom stereocenters. The van der Waals surface area contributed by atoms with Gasteiger partial charge in [-0.2, -0.15) is 0 Å². The van der Waals surface area contributed by atoms with Crippen LogP contribution in [0.25, 0.3) is 0 Å². The van der Waals surface area contributed by atoms with Crippen LogP contribution in [0.15, 0.2) is 18.2 Å². The molecule has 0 aromatic heterocycles. The van der Waals surface area contributed by atoms with Crippen LogP contribution in [-0.4, -0.2) is 18.7 Å². The largest absolute Gasteiger partial charge is 0.487 e. The zero-order valence-corrected chi connectivity index (χ0v) is 13.3. The lowest BCUT2D eigenvalue weighted by Gasteiger charge is -2.57. The molecule has 2 saturated carbocycles. The fourth-order valence-electron chi connectivity index (χ4n) is 4.05. The summed E-state index contributed by atoms with van der Waals surface area (Å²) >= 11 is 5.85. The Morgan fingerprint density at radius 2 is 2.10 bits per heavy atom. The molecule has 0 radical (unpaired) electrons. The van der Waals surface area contributed by atoms with Crippen molar-refractivity contribution in [3.05, 3.63) is 29.0 Å². The smallest absolute Gasteiger partial charge is 0.183 e. The minimum absolute atomic E-state index is 0.106. The molecular formula is C17H23ClFNO. The first-order valence-electron chi connectivity index (χ1n) is 8.01. The van der Waals surface area contributed by atoms with Gasteiger partial charge in [0.25, 0.3) is 0 Å². The molecule has 1 N–H and O–H groups in total. The maximum atomic E-state index is 14.1. The summed E-state index contributed by atoms with van der Waals surface area (Å²) < 4.78 is 20.1. The SMILES string of the molecule is CCNC1CC(Oc2cccc(Cl)c2F)C12CCCCC2. The van der Waals surface area contributed by atoms with Crippen LogP contribution in [-0.2, 0) is 0 Å². The van der Waals surface area contributed by atoms with E-state index < -0.39 is 5.82 Å².